The van der Waals surface area contributed by atoms with E-state index in [-0.39, 0.29) is 31.1 Å². The second-order valence-corrected chi connectivity index (χ2v) is 19.0. The zero-order chi connectivity index (χ0) is 43.8. The summed E-state index contributed by atoms with van der Waals surface area (Å²) in [6, 6.07) is 0. The van der Waals surface area contributed by atoms with Crippen LogP contribution in [0.1, 0.15) is 304 Å². The van der Waals surface area contributed by atoms with Crippen LogP contribution in [-0.2, 0) is 28.6 Å². The van der Waals surface area contributed by atoms with Gasteiger partial charge in [-0.15, -0.1) is 0 Å². The minimum absolute atomic E-state index is 0.0625. The van der Waals surface area contributed by atoms with Crippen molar-refractivity contribution >= 4 is 17.9 Å². The number of rotatable bonds is 49. The van der Waals surface area contributed by atoms with E-state index in [4.69, 9.17) is 14.2 Å². The fourth-order valence-corrected chi connectivity index (χ4v) is 8.22. The summed E-state index contributed by atoms with van der Waals surface area (Å²) in [5.74, 6) is -0.0109. The summed E-state index contributed by atoms with van der Waals surface area (Å²) in [5.41, 5.74) is 0. The molecule has 0 aliphatic carbocycles. The lowest BCUT2D eigenvalue weighted by atomic mass is 10.0. The quantitative estimate of drug-likeness (QED) is 0.0345. The highest BCUT2D eigenvalue weighted by Crippen LogP contribution is 2.17. The van der Waals surface area contributed by atoms with Crippen molar-refractivity contribution in [3.63, 3.8) is 0 Å². The molecule has 0 N–H and O–H groups in total. The minimum atomic E-state index is -0.760. The molecule has 0 aliphatic rings. The molecule has 0 heterocycles. The molecule has 0 spiro atoms. The molecular formula is C54H104O6. The second kappa shape index (κ2) is 48.4. The van der Waals surface area contributed by atoms with Gasteiger partial charge in [-0.25, -0.2) is 0 Å². The van der Waals surface area contributed by atoms with Gasteiger partial charge in [0.05, 0.1) is 0 Å². The van der Waals surface area contributed by atoms with Crippen LogP contribution in [0.15, 0.2) is 0 Å². The molecule has 0 bridgehead atoms. The van der Waals surface area contributed by atoms with Crippen LogP contribution in [0.4, 0.5) is 0 Å². The average Bonchev–Trinajstić information content (AvgIpc) is 3.23. The average molecular weight is 849 g/mol. The van der Waals surface area contributed by atoms with Gasteiger partial charge in [0.15, 0.2) is 6.10 Å². The highest BCUT2D eigenvalue weighted by molar-refractivity contribution is 5.71. The van der Waals surface area contributed by atoms with Crippen molar-refractivity contribution in [3.05, 3.63) is 0 Å². The van der Waals surface area contributed by atoms with Crippen LogP contribution in [0.25, 0.3) is 0 Å². The van der Waals surface area contributed by atoms with E-state index >= 15 is 0 Å². The van der Waals surface area contributed by atoms with Crippen LogP contribution >= 0.6 is 0 Å². The molecule has 0 rings (SSSR count). The monoisotopic (exact) mass is 849 g/mol. The van der Waals surface area contributed by atoms with Gasteiger partial charge in [-0.1, -0.05) is 265 Å². The molecule has 0 aromatic heterocycles. The zero-order valence-electron chi connectivity index (χ0n) is 40.9. The van der Waals surface area contributed by atoms with E-state index in [1.807, 2.05) is 0 Å². The van der Waals surface area contributed by atoms with Crippen molar-refractivity contribution in [2.45, 2.75) is 310 Å². The molecule has 0 aromatic rings. The largest absolute Gasteiger partial charge is 0.462 e. The maximum atomic E-state index is 12.8. The first-order chi connectivity index (χ1) is 29.4. The Hall–Kier alpha value is -1.59. The number of ether oxygens (including phenoxy) is 3. The number of carbonyl (C=O) groups is 3. The van der Waals surface area contributed by atoms with Crippen LogP contribution in [0.3, 0.4) is 0 Å². The maximum Gasteiger partial charge on any atom is 0.306 e. The van der Waals surface area contributed by atoms with Gasteiger partial charge in [-0.2, -0.15) is 0 Å². The molecule has 0 unspecified atom stereocenters. The molecule has 0 fully saturated rings. The van der Waals surface area contributed by atoms with E-state index < -0.39 is 6.10 Å². The van der Waals surface area contributed by atoms with E-state index in [1.165, 1.54) is 199 Å². The lowest BCUT2D eigenvalue weighted by molar-refractivity contribution is -0.167. The van der Waals surface area contributed by atoms with Crippen LogP contribution in [-0.4, -0.2) is 37.2 Å². The SMILES string of the molecule is CCCCCCCCCCCCCCCCCCCC(=O)OC[C@H](COC(=O)CCCCCCCCCCCC)OC(=O)CCCCCCCCCCCCCCC(C)C. The topological polar surface area (TPSA) is 78.9 Å². The van der Waals surface area contributed by atoms with E-state index in [0.29, 0.717) is 19.3 Å². The van der Waals surface area contributed by atoms with Crippen molar-refractivity contribution in [1.29, 1.82) is 0 Å². The molecular weight excluding hydrogens is 745 g/mol. The molecule has 0 radical (unpaired) electrons. The Balaban J connectivity index is 4.26. The molecule has 0 saturated carbocycles. The molecule has 60 heavy (non-hydrogen) atoms. The molecule has 0 amide bonds. The third-order valence-corrected chi connectivity index (χ3v) is 12.3. The number of carbonyl (C=O) groups excluding carboxylic acids is 3. The maximum absolute atomic E-state index is 12.8. The van der Waals surface area contributed by atoms with Gasteiger partial charge >= 0.3 is 17.9 Å². The second-order valence-electron chi connectivity index (χ2n) is 19.0. The van der Waals surface area contributed by atoms with E-state index in [2.05, 4.69) is 27.7 Å². The van der Waals surface area contributed by atoms with Crippen molar-refractivity contribution in [1.82, 2.24) is 0 Å². The third kappa shape index (κ3) is 47.5. The summed E-state index contributed by atoms with van der Waals surface area (Å²) in [4.78, 5) is 37.9. The summed E-state index contributed by atoms with van der Waals surface area (Å²) >= 11 is 0. The summed E-state index contributed by atoms with van der Waals surface area (Å²) < 4.78 is 16.8. The molecule has 0 aliphatic heterocycles. The van der Waals surface area contributed by atoms with Gasteiger partial charge in [0.1, 0.15) is 13.2 Å². The summed E-state index contributed by atoms with van der Waals surface area (Å²) in [7, 11) is 0. The standard InChI is InChI=1S/C54H104O6/c1-5-7-9-11-13-15-17-18-19-20-21-22-26-30-34-38-42-46-53(56)59-49-51(48-58-52(55)45-41-37-33-29-16-14-12-10-8-6-2)60-54(57)47-43-39-35-31-27-24-23-25-28-32-36-40-44-50(3)4/h50-51H,5-49H2,1-4H3/t51-/m0/s1. The smallest absolute Gasteiger partial charge is 0.306 e. The molecule has 6 nitrogen and oxygen atoms in total. The summed E-state index contributed by atoms with van der Waals surface area (Å²) in [6.45, 7) is 9.03. The third-order valence-electron chi connectivity index (χ3n) is 12.3. The molecule has 356 valence electrons. The van der Waals surface area contributed by atoms with E-state index in [0.717, 1.165) is 63.7 Å². The van der Waals surface area contributed by atoms with Crippen molar-refractivity contribution in [2.75, 3.05) is 13.2 Å². The number of hydrogen-bond acceptors (Lipinski definition) is 6. The fourth-order valence-electron chi connectivity index (χ4n) is 8.22. The van der Waals surface area contributed by atoms with Crippen LogP contribution in [0.2, 0.25) is 0 Å². The van der Waals surface area contributed by atoms with Crippen molar-refractivity contribution < 1.29 is 28.6 Å². The van der Waals surface area contributed by atoms with Crippen molar-refractivity contribution in [2.24, 2.45) is 5.92 Å². The van der Waals surface area contributed by atoms with Gasteiger partial charge in [0, 0.05) is 19.3 Å². The predicted octanol–water partition coefficient (Wildman–Crippen LogP) is 17.5. The lowest BCUT2D eigenvalue weighted by Crippen LogP contribution is -2.30. The molecule has 0 saturated heterocycles. The molecule has 1 atom stereocenters. The Bertz CT molecular complexity index is 903. The Morgan fingerprint density at radius 2 is 0.550 bits per heavy atom. The van der Waals surface area contributed by atoms with Crippen LogP contribution in [0, 0.1) is 5.92 Å². The predicted molar refractivity (Wildman–Crippen MR) is 257 cm³/mol. The lowest BCUT2D eigenvalue weighted by Gasteiger charge is -2.18. The minimum Gasteiger partial charge on any atom is -0.462 e. The Kier molecular flexibility index (Phi) is 47.2. The Morgan fingerprint density at radius 3 is 0.817 bits per heavy atom. The van der Waals surface area contributed by atoms with Gasteiger partial charge in [0.2, 0.25) is 0 Å². The van der Waals surface area contributed by atoms with Crippen LogP contribution < -0.4 is 0 Å². The fraction of sp³-hybridized carbons (Fsp3) is 0.944. The van der Waals surface area contributed by atoms with E-state index in [9.17, 15) is 14.4 Å². The highest BCUT2D eigenvalue weighted by Gasteiger charge is 2.19. The highest BCUT2D eigenvalue weighted by atomic mass is 16.6. The number of esters is 3. The number of hydrogen-bond donors (Lipinski definition) is 0. The Labute approximate surface area is 374 Å². The Morgan fingerprint density at radius 1 is 0.317 bits per heavy atom. The first-order valence-corrected chi connectivity index (χ1v) is 26.9. The normalized spacial score (nSPS) is 11.9. The van der Waals surface area contributed by atoms with Gasteiger partial charge in [-0.3, -0.25) is 14.4 Å². The summed E-state index contributed by atoms with van der Waals surface area (Å²) in [5, 5.41) is 0. The first kappa shape index (κ1) is 58.4. The van der Waals surface area contributed by atoms with Gasteiger partial charge in [0.25, 0.3) is 0 Å². The number of unbranched alkanes of at least 4 members (excludes halogenated alkanes) is 36. The zero-order valence-corrected chi connectivity index (χ0v) is 40.9. The van der Waals surface area contributed by atoms with Gasteiger partial charge in [-0.05, 0) is 25.2 Å². The first-order valence-electron chi connectivity index (χ1n) is 26.9. The van der Waals surface area contributed by atoms with Crippen molar-refractivity contribution in [3.8, 4) is 0 Å². The molecule has 0 aromatic carbocycles. The summed E-state index contributed by atoms with van der Waals surface area (Å²) in [6.07, 6.45) is 50.9. The van der Waals surface area contributed by atoms with Gasteiger partial charge < -0.3 is 14.2 Å². The molecule has 6 heteroatoms. The van der Waals surface area contributed by atoms with E-state index in [1.54, 1.807) is 0 Å². The van der Waals surface area contributed by atoms with Crippen LogP contribution in [0.5, 0.6) is 0 Å².